The van der Waals surface area contributed by atoms with Crippen LogP contribution in [0.25, 0.3) is 0 Å². The molecule has 5 nitrogen and oxygen atoms in total. The molecule has 1 amide bonds. The number of carbonyl (C=O) groups excluding carboxylic acids is 1. The molecular formula is C14H22N2O3S. The van der Waals surface area contributed by atoms with Crippen molar-refractivity contribution in [1.29, 1.82) is 0 Å². The number of carbonyl (C=O) groups is 1. The first-order chi connectivity index (χ1) is 9.20. The topological polar surface area (TPSA) is 75.3 Å². The van der Waals surface area contributed by atoms with E-state index < -0.39 is 10.0 Å². The minimum absolute atomic E-state index is 0.180. The van der Waals surface area contributed by atoms with Crippen LogP contribution in [0.15, 0.2) is 18.2 Å². The minimum Gasteiger partial charge on any atom is -0.352 e. The van der Waals surface area contributed by atoms with Crippen LogP contribution >= 0.6 is 0 Å². The van der Waals surface area contributed by atoms with E-state index in [9.17, 15) is 13.2 Å². The van der Waals surface area contributed by atoms with Crippen molar-refractivity contribution in [2.45, 2.75) is 27.2 Å². The molecular weight excluding hydrogens is 276 g/mol. The van der Waals surface area contributed by atoms with E-state index in [0.29, 0.717) is 29.3 Å². The monoisotopic (exact) mass is 298 g/mol. The zero-order valence-electron chi connectivity index (χ0n) is 12.4. The predicted molar refractivity (Wildman–Crippen MR) is 81.4 cm³/mol. The van der Waals surface area contributed by atoms with E-state index in [1.165, 1.54) is 0 Å². The van der Waals surface area contributed by atoms with Crippen molar-refractivity contribution >= 4 is 21.6 Å². The van der Waals surface area contributed by atoms with Gasteiger partial charge in [0.1, 0.15) is 0 Å². The zero-order chi connectivity index (χ0) is 15.3. The lowest BCUT2D eigenvalue weighted by Crippen LogP contribution is -2.26. The van der Waals surface area contributed by atoms with Crippen LogP contribution in [0.4, 0.5) is 5.69 Å². The van der Waals surface area contributed by atoms with Crippen LogP contribution in [0, 0.1) is 12.8 Å². The SMILES string of the molecule is Cc1c(NS(C)(=O)=O)cccc1C(=O)NCCC(C)C. The standard InChI is InChI=1S/C14H22N2O3S/c1-10(2)8-9-15-14(17)12-6-5-7-13(11(12)3)16-20(4,18)19/h5-7,10,16H,8-9H2,1-4H3,(H,15,17). The first-order valence-corrected chi connectivity index (χ1v) is 8.45. The molecule has 0 heterocycles. The molecule has 0 aliphatic heterocycles. The van der Waals surface area contributed by atoms with Gasteiger partial charge in [0.25, 0.3) is 5.91 Å². The summed E-state index contributed by atoms with van der Waals surface area (Å²) in [4.78, 5) is 12.1. The third kappa shape index (κ3) is 5.21. The van der Waals surface area contributed by atoms with E-state index in [4.69, 9.17) is 0 Å². The molecule has 1 rings (SSSR count). The predicted octanol–water partition coefficient (Wildman–Crippen LogP) is 2.14. The molecule has 0 aliphatic carbocycles. The smallest absolute Gasteiger partial charge is 0.251 e. The Morgan fingerprint density at radius 3 is 2.50 bits per heavy atom. The van der Waals surface area contributed by atoms with Crippen molar-refractivity contribution in [2.24, 2.45) is 5.92 Å². The second-order valence-electron chi connectivity index (χ2n) is 5.29. The van der Waals surface area contributed by atoms with Gasteiger partial charge in [-0.15, -0.1) is 0 Å². The first kappa shape index (κ1) is 16.5. The lowest BCUT2D eigenvalue weighted by molar-refractivity contribution is 0.0951. The number of hydrogen-bond donors (Lipinski definition) is 2. The van der Waals surface area contributed by atoms with E-state index >= 15 is 0 Å². The average Bonchev–Trinajstić information content (AvgIpc) is 2.29. The van der Waals surface area contributed by atoms with Gasteiger partial charge in [-0.25, -0.2) is 8.42 Å². The van der Waals surface area contributed by atoms with Crippen LogP contribution < -0.4 is 10.0 Å². The molecule has 0 atom stereocenters. The Bertz CT molecular complexity index is 580. The molecule has 0 fully saturated rings. The second kappa shape index (κ2) is 6.74. The highest BCUT2D eigenvalue weighted by Crippen LogP contribution is 2.19. The lowest BCUT2D eigenvalue weighted by Gasteiger charge is -2.13. The number of benzene rings is 1. The summed E-state index contributed by atoms with van der Waals surface area (Å²) in [7, 11) is -3.35. The van der Waals surface area contributed by atoms with Crippen molar-refractivity contribution in [2.75, 3.05) is 17.5 Å². The van der Waals surface area contributed by atoms with E-state index in [1.54, 1.807) is 25.1 Å². The summed E-state index contributed by atoms with van der Waals surface area (Å²) in [5.74, 6) is 0.343. The molecule has 0 aromatic heterocycles. The Morgan fingerprint density at radius 1 is 1.30 bits per heavy atom. The fraction of sp³-hybridized carbons (Fsp3) is 0.500. The maximum absolute atomic E-state index is 12.1. The van der Waals surface area contributed by atoms with Crippen LogP contribution in [0.2, 0.25) is 0 Å². The lowest BCUT2D eigenvalue weighted by atomic mass is 10.1. The molecule has 2 N–H and O–H groups in total. The third-order valence-electron chi connectivity index (χ3n) is 2.88. The van der Waals surface area contributed by atoms with Crippen LogP contribution in [-0.2, 0) is 10.0 Å². The fourth-order valence-corrected chi connectivity index (χ4v) is 2.38. The normalized spacial score (nSPS) is 11.4. The number of sulfonamides is 1. The van der Waals surface area contributed by atoms with E-state index in [1.807, 2.05) is 0 Å². The number of nitrogens with one attached hydrogen (secondary N) is 2. The van der Waals surface area contributed by atoms with Crippen molar-refractivity contribution in [1.82, 2.24) is 5.32 Å². The van der Waals surface area contributed by atoms with Gasteiger partial charge < -0.3 is 5.32 Å². The molecule has 0 unspecified atom stereocenters. The van der Waals surface area contributed by atoms with Gasteiger partial charge >= 0.3 is 0 Å². The van der Waals surface area contributed by atoms with Crippen molar-refractivity contribution < 1.29 is 13.2 Å². The summed E-state index contributed by atoms with van der Waals surface area (Å²) in [6.45, 7) is 6.52. The Morgan fingerprint density at radius 2 is 1.95 bits per heavy atom. The number of hydrogen-bond acceptors (Lipinski definition) is 3. The van der Waals surface area contributed by atoms with Gasteiger partial charge in [0.15, 0.2) is 0 Å². The van der Waals surface area contributed by atoms with Crippen molar-refractivity contribution in [3.63, 3.8) is 0 Å². The summed E-state index contributed by atoms with van der Waals surface area (Å²) in [5, 5.41) is 2.85. The largest absolute Gasteiger partial charge is 0.352 e. The van der Waals surface area contributed by atoms with E-state index in [0.717, 1.165) is 12.7 Å². The highest BCUT2D eigenvalue weighted by Gasteiger charge is 2.13. The molecule has 0 saturated heterocycles. The molecule has 0 aliphatic rings. The van der Waals surface area contributed by atoms with Gasteiger partial charge in [0, 0.05) is 12.1 Å². The van der Waals surface area contributed by atoms with E-state index in [2.05, 4.69) is 23.9 Å². The molecule has 112 valence electrons. The highest BCUT2D eigenvalue weighted by molar-refractivity contribution is 7.92. The molecule has 0 bridgehead atoms. The average molecular weight is 298 g/mol. The Labute approximate surface area is 120 Å². The van der Waals surface area contributed by atoms with Crippen LogP contribution in [0.5, 0.6) is 0 Å². The second-order valence-corrected chi connectivity index (χ2v) is 7.04. The summed E-state index contributed by atoms with van der Waals surface area (Å²) < 4.78 is 24.9. The zero-order valence-corrected chi connectivity index (χ0v) is 13.2. The number of rotatable bonds is 6. The summed E-state index contributed by atoms with van der Waals surface area (Å²) in [6.07, 6.45) is 1.99. The molecule has 1 aromatic rings. The van der Waals surface area contributed by atoms with Gasteiger partial charge in [-0.1, -0.05) is 19.9 Å². The summed E-state index contributed by atoms with van der Waals surface area (Å²) >= 11 is 0. The Hall–Kier alpha value is -1.56. The van der Waals surface area contributed by atoms with Gasteiger partial charge in [0.05, 0.1) is 11.9 Å². The highest BCUT2D eigenvalue weighted by atomic mass is 32.2. The maximum atomic E-state index is 12.1. The summed E-state index contributed by atoms with van der Waals surface area (Å²) in [5.41, 5.74) is 1.55. The molecule has 0 saturated carbocycles. The Kier molecular flexibility index (Phi) is 5.56. The molecule has 0 spiro atoms. The van der Waals surface area contributed by atoms with Crippen LogP contribution in [0.3, 0.4) is 0 Å². The molecule has 6 heteroatoms. The third-order valence-corrected chi connectivity index (χ3v) is 3.47. The van der Waals surface area contributed by atoms with Crippen LogP contribution in [0.1, 0.15) is 36.2 Å². The molecule has 0 radical (unpaired) electrons. The molecule has 1 aromatic carbocycles. The minimum atomic E-state index is -3.35. The van der Waals surface area contributed by atoms with Gasteiger partial charge in [-0.05, 0) is 37.0 Å². The first-order valence-electron chi connectivity index (χ1n) is 6.56. The molecule has 20 heavy (non-hydrogen) atoms. The number of amides is 1. The Balaban J connectivity index is 2.85. The van der Waals surface area contributed by atoms with Crippen LogP contribution in [-0.4, -0.2) is 27.1 Å². The van der Waals surface area contributed by atoms with Gasteiger partial charge in [0.2, 0.25) is 10.0 Å². The summed E-state index contributed by atoms with van der Waals surface area (Å²) in [6, 6.07) is 4.99. The van der Waals surface area contributed by atoms with Gasteiger partial charge in [-0.2, -0.15) is 0 Å². The van der Waals surface area contributed by atoms with E-state index in [-0.39, 0.29) is 5.91 Å². The maximum Gasteiger partial charge on any atom is 0.251 e. The van der Waals surface area contributed by atoms with Crippen molar-refractivity contribution in [3.05, 3.63) is 29.3 Å². The van der Waals surface area contributed by atoms with Crippen molar-refractivity contribution in [3.8, 4) is 0 Å². The fourth-order valence-electron chi connectivity index (χ4n) is 1.76. The quantitative estimate of drug-likeness (QED) is 0.845. The number of anilines is 1. The van der Waals surface area contributed by atoms with Gasteiger partial charge in [-0.3, -0.25) is 9.52 Å².